The number of nitrogens with one attached hydrogen (secondary N) is 1. The molecule has 0 heterocycles. The molecule has 0 rings (SSSR count). The largest absolute Gasteiger partial charge is 0.756 e. The van der Waals surface area contributed by atoms with Crippen LogP contribution in [0.5, 0.6) is 0 Å². The molecule has 0 aromatic rings. The van der Waals surface area contributed by atoms with Crippen molar-refractivity contribution in [1.29, 1.82) is 0 Å². The van der Waals surface area contributed by atoms with Gasteiger partial charge in [-0.3, -0.25) is 9.36 Å². The fourth-order valence-corrected chi connectivity index (χ4v) is 10.3. The maximum Gasteiger partial charge on any atom is 0.268 e. The molecule has 1 amide bonds. The van der Waals surface area contributed by atoms with Crippen LogP contribution in [-0.4, -0.2) is 68.5 Å². The predicted octanol–water partition coefficient (Wildman–Crippen LogP) is 19.1. The summed E-state index contributed by atoms with van der Waals surface area (Å²) in [6.07, 6.45) is 72.5. The first kappa shape index (κ1) is 71.7. The number of aliphatic hydroxyl groups is 1. The van der Waals surface area contributed by atoms with Crippen LogP contribution in [0.3, 0.4) is 0 Å². The Kier molecular flexibility index (Phi) is 54.5. The maximum atomic E-state index is 13.0. The topological polar surface area (TPSA) is 108 Å². The lowest BCUT2D eigenvalue weighted by molar-refractivity contribution is -0.870. The number of unbranched alkanes of at least 4 members (excludes halogenated alkanes) is 42. The number of amides is 1. The maximum absolute atomic E-state index is 13.0. The summed E-state index contributed by atoms with van der Waals surface area (Å²) < 4.78 is 23.4. The molecule has 0 aromatic carbocycles. The number of rotatable bonds is 59. The highest BCUT2D eigenvalue weighted by molar-refractivity contribution is 7.45. The number of nitrogens with zero attached hydrogens (tertiary/aromatic N) is 1. The SMILES string of the molecule is CCCCCCC/C=C\C/C=C\CCCCCCCCCCCCCCCCCCCCCCCCCC(=O)NC(COP(=O)([O-])OCC[N+](C)(C)C)C(O)/C=C/CCCCCCCCCCCCCCCC. The Morgan fingerprint density at radius 1 is 0.479 bits per heavy atom. The van der Waals surface area contributed by atoms with E-state index in [1.165, 1.54) is 250 Å². The van der Waals surface area contributed by atoms with Crippen LogP contribution in [0.25, 0.3) is 0 Å². The molecule has 0 aromatic heterocycles. The molecule has 73 heavy (non-hydrogen) atoms. The lowest BCUT2D eigenvalue weighted by Crippen LogP contribution is -2.45. The molecule has 3 unspecified atom stereocenters. The second-order valence-corrected chi connectivity index (χ2v) is 24.5. The van der Waals surface area contributed by atoms with Gasteiger partial charge in [0.15, 0.2) is 0 Å². The van der Waals surface area contributed by atoms with Crippen molar-refractivity contribution in [1.82, 2.24) is 5.32 Å². The molecule has 3 atom stereocenters. The highest BCUT2D eigenvalue weighted by Crippen LogP contribution is 2.38. The van der Waals surface area contributed by atoms with E-state index in [2.05, 4.69) is 43.5 Å². The van der Waals surface area contributed by atoms with Crippen LogP contribution >= 0.6 is 7.82 Å². The first-order valence-electron chi connectivity index (χ1n) is 31.9. The Hall–Kier alpha value is -1.28. The van der Waals surface area contributed by atoms with Gasteiger partial charge in [-0.1, -0.05) is 294 Å². The van der Waals surface area contributed by atoms with E-state index in [4.69, 9.17) is 9.05 Å². The summed E-state index contributed by atoms with van der Waals surface area (Å²) in [7, 11) is 1.27. The Bertz CT molecular complexity index is 1280. The number of hydrogen-bond donors (Lipinski definition) is 2. The van der Waals surface area contributed by atoms with Gasteiger partial charge in [0.25, 0.3) is 7.82 Å². The number of phosphoric acid groups is 1. The molecule has 8 nitrogen and oxygen atoms in total. The van der Waals surface area contributed by atoms with Gasteiger partial charge < -0.3 is 28.8 Å². The van der Waals surface area contributed by atoms with Crippen molar-refractivity contribution in [3.63, 3.8) is 0 Å². The smallest absolute Gasteiger partial charge is 0.268 e. The summed E-state index contributed by atoms with van der Waals surface area (Å²) in [5, 5.41) is 13.9. The summed E-state index contributed by atoms with van der Waals surface area (Å²) >= 11 is 0. The van der Waals surface area contributed by atoms with Gasteiger partial charge in [0.1, 0.15) is 13.2 Å². The molecule has 0 spiro atoms. The van der Waals surface area contributed by atoms with Crippen molar-refractivity contribution >= 4 is 13.7 Å². The van der Waals surface area contributed by atoms with Gasteiger partial charge in [-0.15, -0.1) is 0 Å². The molecule has 432 valence electrons. The quantitative estimate of drug-likeness (QED) is 0.0272. The van der Waals surface area contributed by atoms with Crippen molar-refractivity contribution in [2.24, 2.45) is 0 Å². The molecule has 0 aliphatic rings. The minimum atomic E-state index is -4.59. The number of carbonyl (C=O) groups is 1. The van der Waals surface area contributed by atoms with Gasteiger partial charge in [0.05, 0.1) is 39.9 Å². The van der Waals surface area contributed by atoms with Crippen molar-refractivity contribution in [2.45, 2.75) is 328 Å². The first-order valence-corrected chi connectivity index (χ1v) is 33.3. The average Bonchev–Trinajstić information content (AvgIpc) is 3.35. The van der Waals surface area contributed by atoms with E-state index in [9.17, 15) is 19.4 Å². The van der Waals surface area contributed by atoms with Crippen LogP contribution in [-0.2, 0) is 18.4 Å². The molecule has 0 aliphatic carbocycles. The van der Waals surface area contributed by atoms with Crippen LogP contribution in [0.1, 0.15) is 316 Å². The third-order valence-corrected chi connectivity index (χ3v) is 15.6. The van der Waals surface area contributed by atoms with Gasteiger partial charge >= 0.3 is 0 Å². The molecule has 0 bridgehead atoms. The predicted molar refractivity (Wildman–Crippen MR) is 316 cm³/mol. The third-order valence-electron chi connectivity index (χ3n) is 14.6. The number of quaternary nitrogens is 1. The van der Waals surface area contributed by atoms with E-state index < -0.39 is 20.0 Å². The second-order valence-electron chi connectivity index (χ2n) is 23.1. The minimum Gasteiger partial charge on any atom is -0.756 e. The minimum absolute atomic E-state index is 0.00113. The third kappa shape index (κ3) is 58.2. The molecule has 0 radical (unpaired) electrons. The van der Waals surface area contributed by atoms with Gasteiger partial charge in [-0.2, -0.15) is 0 Å². The molecule has 0 fully saturated rings. The number of likely N-dealkylation sites (N-methyl/N-ethyl adjacent to an activating group) is 1. The Labute approximate surface area is 455 Å². The average molecular weight is 1050 g/mol. The molecule has 0 saturated heterocycles. The van der Waals surface area contributed by atoms with E-state index in [0.717, 1.165) is 44.9 Å². The highest BCUT2D eigenvalue weighted by atomic mass is 31.2. The lowest BCUT2D eigenvalue weighted by Gasteiger charge is -2.29. The van der Waals surface area contributed by atoms with Crippen LogP contribution in [0.15, 0.2) is 36.5 Å². The molecule has 0 saturated carbocycles. The Morgan fingerprint density at radius 2 is 0.795 bits per heavy atom. The number of phosphoric ester groups is 1. The van der Waals surface area contributed by atoms with Crippen molar-refractivity contribution in [3.05, 3.63) is 36.5 Å². The summed E-state index contributed by atoms with van der Waals surface area (Å²) in [6.45, 7) is 4.68. The van der Waals surface area contributed by atoms with E-state index >= 15 is 0 Å². The van der Waals surface area contributed by atoms with Gasteiger partial charge in [0.2, 0.25) is 5.91 Å². The van der Waals surface area contributed by atoms with Crippen molar-refractivity contribution in [3.8, 4) is 0 Å². The molecular formula is C64H125N2O6P. The number of hydrogen-bond acceptors (Lipinski definition) is 6. The van der Waals surface area contributed by atoms with E-state index in [1.807, 2.05) is 27.2 Å². The summed E-state index contributed by atoms with van der Waals surface area (Å²) in [5.41, 5.74) is 0. The number of allylic oxidation sites excluding steroid dienone is 5. The second kappa shape index (κ2) is 55.5. The molecule has 9 heteroatoms. The van der Waals surface area contributed by atoms with E-state index in [0.29, 0.717) is 17.4 Å². The zero-order chi connectivity index (χ0) is 53.5. The normalized spacial score (nSPS) is 14.0. The molecular weight excluding hydrogens is 924 g/mol. The van der Waals surface area contributed by atoms with E-state index in [-0.39, 0.29) is 19.1 Å². The van der Waals surface area contributed by atoms with Crippen molar-refractivity contribution in [2.75, 3.05) is 40.9 Å². The monoisotopic (exact) mass is 1050 g/mol. The Morgan fingerprint density at radius 3 is 1.14 bits per heavy atom. The standard InChI is InChI=1S/C64H125N2O6P/c1-6-8-10-12-14-16-18-20-22-24-25-26-27-28-29-30-31-32-33-34-35-36-37-38-39-40-41-42-44-46-48-50-52-54-56-58-64(68)65-62(61-72-73(69,70)71-60-59-66(3,4)5)63(67)57-55-53-51-49-47-45-43-23-21-19-17-15-13-11-9-7-2/h18,20,24-25,55,57,62-63,67H,6-17,19,21-23,26-54,56,58-61H2,1-5H3,(H-,65,68,69,70)/b20-18-,25-24-,57-55+. The van der Waals surface area contributed by atoms with Gasteiger partial charge in [-0.25, -0.2) is 0 Å². The molecule has 0 aliphatic heterocycles. The number of aliphatic hydroxyl groups excluding tert-OH is 1. The van der Waals surface area contributed by atoms with Gasteiger partial charge in [-0.05, 0) is 51.4 Å². The summed E-state index contributed by atoms with van der Waals surface area (Å²) in [5.74, 6) is -0.192. The fourth-order valence-electron chi connectivity index (χ4n) is 9.60. The highest BCUT2D eigenvalue weighted by Gasteiger charge is 2.23. The summed E-state index contributed by atoms with van der Waals surface area (Å²) in [6, 6.07) is -0.884. The number of carbonyl (C=O) groups excluding carboxylic acids is 1. The fraction of sp³-hybridized carbons (Fsp3) is 0.891. The lowest BCUT2D eigenvalue weighted by atomic mass is 10.0. The van der Waals surface area contributed by atoms with Crippen molar-refractivity contribution < 1.29 is 32.9 Å². The van der Waals surface area contributed by atoms with Crippen LogP contribution in [0.4, 0.5) is 0 Å². The van der Waals surface area contributed by atoms with Gasteiger partial charge in [0, 0.05) is 6.42 Å². The molecule has 2 N–H and O–H groups in total. The first-order chi connectivity index (χ1) is 35.5. The van der Waals surface area contributed by atoms with Crippen LogP contribution < -0.4 is 10.2 Å². The Balaban J connectivity index is 3.97. The zero-order valence-corrected chi connectivity index (χ0v) is 50.3. The van der Waals surface area contributed by atoms with Crippen LogP contribution in [0, 0.1) is 0 Å². The van der Waals surface area contributed by atoms with E-state index in [1.54, 1.807) is 6.08 Å². The zero-order valence-electron chi connectivity index (χ0n) is 49.4. The van der Waals surface area contributed by atoms with Crippen LogP contribution in [0.2, 0.25) is 0 Å². The summed E-state index contributed by atoms with van der Waals surface area (Å²) in [4.78, 5) is 25.5.